The van der Waals surface area contributed by atoms with Gasteiger partial charge in [0.25, 0.3) is 0 Å². The highest BCUT2D eigenvalue weighted by atomic mass is 32.1. The minimum Gasteiger partial charge on any atom is -0.384 e. The van der Waals surface area contributed by atoms with E-state index in [-0.39, 0.29) is 24.2 Å². The molecule has 3 N–H and O–H groups in total. The van der Waals surface area contributed by atoms with Gasteiger partial charge in [0.05, 0.1) is 23.8 Å². The van der Waals surface area contributed by atoms with Crippen LogP contribution in [0.25, 0.3) is 0 Å². The third kappa shape index (κ3) is 4.00. The molecule has 2 amide bonds. The topological polar surface area (TPSA) is 70.6 Å². The van der Waals surface area contributed by atoms with Crippen LogP contribution >= 0.6 is 11.3 Å². The lowest BCUT2D eigenvalue weighted by atomic mass is 9.94. The Balaban J connectivity index is 1.89. The molecule has 0 bridgehead atoms. The lowest BCUT2D eigenvalue weighted by Crippen LogP contribution is -2.51. The normalized spacial score (nSPS) is 25.5. The average Bonchev–Trinajstić information content (AvgIpc) is 2.94. The summed E-state index contributed by atoms with van der Waals surface area (Å²) in [6, 6.07) is 1.52. The fourth-order valence-corrected chi connectivity index (χ4v) is 3.70. The summed E-state index contributed by atoms with van der Waals surface area (Å²) in [5.41, 5.74) is -0.915. The van der Waals surface area contributed by atoms with Gasteiger partial charge in [-0.3, -0.25) is 0 Å². The first-order valence-corrected chi connectivity index (χ1v) is 8.46. The van der Waals surface area contributed by atoms with Crippen molar-refractivity contribution in [2.45, 2.75) is 63.9 Å². The molecule has 0 aromatic carbocycles. The number of carbonyl (C=O) groups excluding carboxylic acids is 1. The molecule has 22 heavy (non-hydrogen) atoms. The van der Waals surface area contributed by atoms with Gasteiger partial charge in [0.1, 0.15) is 5.60 Å². The molecule has 1 aromatic heterocycles. The maximum atomic E-state index is 12.1. The molecule has 6 heteroatoms. The number of nitrogens with one attached hydrogen (secondary N) is 2. The average molecular weight is 326 g/mol. The number of ether oxygens (including phenoxy) is 1. The molecule has 0 aliphatic carbocycles. The second-order valence-corrected chi connectivity index (χ2v) is 8.11. The van der Waals surface area contributed by atoms with Crippen LogP contribution in [0.3, 0.4) is 0 Å². The Hall–Kier alpha value is -1.11. The van der Waals surface area contributed by atoms with E-state index in [1.54, 1.807) is 6.92 Å². The largest absolute Gasteiger partial charge is 0.384 e. The Morgan fingerprint density at radius 3 is 2.68 bits per heavy atom. The number of amides is 2. The van der Waals surface area contributed by atoms with E-state index in [1.165, 1.54) is 11.3 Å². The summed E-state index contributed by atoms with van der Waals surface area (Å²) in [4.78, 5) is 12.1. The molecule has 2 atom stereocenters. The predicted molar refractivity (Wildman–Crippen MR) is 88.1 cm³/mol. The minimum absolute atomic E-state index is 0.0615. The van der Waals surface area contributed by atoms with Crippen LogP contribution < -0.4 is 10.6 Å². The SMILES string of the molecule is CC1(C)CC(NC(=O)NCC(C)(O)c2ccsc2)C(C)(C)O1. The fourth-order valence-electron chi connectivity index (χ4n) is 2.92. The first-order valence-electron chi connectivity index (χ1n) is 7.51. The van der Waals surface area contributed by atoms with Crippen LogP contribution in [0.15, 0.2) is 16.8 Å². The zero-order valence-corrected chi connectivity index (χ0v) is 14.7. The van der Waals surface area contributed by atoms with Crippen molar-refractivity contribution in [3.8, 4) is 0 Å². The van der Waals surface area contributed by atoms with Gasteiger partial charge in [0.2, 0.25) is 0 Å². The van der Waals surface area contributed by atoms with Gasteiger partial charge in [-0.1, -0.05) is 0 Å². The smallest absolute Gasteiger partial charge is 0.315 e. The van der Waals surface area contributed by atoms with Crippen molar-refractivity contribution in [3.05, 3.63) is 22.4 Å². The molecular weight excluding hydrogens is 300 g/mol. The number of hydrogen-bond acceptors (Lipinski definition) is 4. The van der Waals surface area contributed by atoms with Crippen molar-refractivity contribution in [1.29, 1.82) is 0 Å². The van der Waals surface area contributed by atoms with Gasteiger partial charge in [-0.15, -0.1) is 0 Å². The molecule has 5 nitrogen and oxygen atoms in total. The lowest BCUT2D eigenvalue weighted by Gasteiger charge is -2.28. The maximum absolute atomic E-state index is 12.1. The number of hydrogen-bond donors (Lipinski definition) is 3. The number of thiophene rings is 1. The third-order valence-electron chi connectivity index (χ3n) is 4.12. The van der Waals surface area contributed by atoms with Gasteiger partial charge < -0.3 is 20.5 Å². The van der Waals surface area contributed by atoms with E-state index in [9.17, 15) is 9.90 Å². The van der Waals surface area contributed by atoms with Crippen LogP contribution in [0.2, 0.25) is 0 Å². The van der Waals surface area contributed by atoms with Crippen LogP contribution in [0, 0.1) is 0 Å². The number of carbonyl (C=O) groups is 1. The van der Waals surface area contributed by atoms with Crippen LogP contribution in [0.5, 0.6) is 0 Å². The van der Waals surface area contributed by atoms with Crippen molar-refractivity contribution in [3.63, 3.8) is 0 Å². The molecule has 1 aliphatic rings. The van der Waals surface area contributed by atoms with Crippen LogP contribution in [0.1, 0.15) is 46.6 Å². The van der Waals surface area contributed by atoms with Crippen molar-refractivity contribution in [2.24, 2.45) is 0 Å². The lowest BCUT2D eigenvalue weighted by molar-refractivity contribution is -0.0690. The van der Waals surface area contributed by atoms with Crippen LogP contribution in [-0.2, 0) is 10.3 Å². The molecular formula is C16H26N2O3S. The number of urea groups is 1. The molecule has 0 spiro atoms. The van der Waals surface area contributed by atoms with Gasteiger partial charge in [-0.05, 0) is 63.4 Å². The van der Waals surface area contributed by atoms with Crippen LogP contribution in [-0.4, -0.2) is 34.9 Å². The molecule has 2 heterocycles. The van der Waals surface area contributed by atoms with Crippen molar-refractivity contribution >= 4 is 17.4 Å². The first kappa shape index (κ1) is 17.2. The molecule has 1 aliphatic heterocycles. The Morgan fingerprint density at radius 1 is 1.50 bits per heavy atom. The summed E-state index contributed by atoms with van der Waals surface area (Å²) in [7, 11) is 0. The zero-order chi connectivity index (χ0) is 16.6. The van der Waals surface area contributed by atoms with Crippen molar-refractivity contribution in [2.75, 3.05) is 6.54 Å². The van der Waals surface area contributed by atoms with Gasteiger partial charge in [-0.2, -0.15) is 11.3 Å². The fraction of sp³-hybridized carbons (Fsp3) is 0.688. The summed E-state index contributed by atoms with van der Waals surface area (Å²) in [6.07, 6.45) is 0.758. The summed E-state index contributed by atoms with van der Waals surface area (Å²) in [5.74, 6) is 0. The van der Waals surface area contributed by atoms with Gasteiger partial charge >= 0.3 is 6.03 Å². The van der Waals surface area contributed by atoms with E-state index in [0.29, 0.717) is 0 Å². The Bertz CT molecular complexity index is 524. The van der Waals surface area contributed by atoms with Gasteiger partial charge in [-0.25, -0.2) is 4.79 Å². The first-order chi connectivity index (χ1) is 10.0. The van der Waals surface area contributed by atoms with Gasteiger partial charge in [0.15, 0.2) is 0 Å². The Labute approximate surface area is 136 Å². The van der Waals surface area contributed by atoms with E-state index in [0.717, 1.165) is 12.0 Å². The Morgan fingerprint density at radius 2 is 2.18 bits per heavy atom. The standard InChI is InChI=1S/C16H26N2O3S/c1-14(2)8-12(15(3,4)21-14)18-13(19)17-10-16(5,20)11-6-7-22-9-11/h6-7,9,12,20H,8,10H2,1-5H3,(H2,17,18,19). The molecule has 124 valence electrons. The maximum Gasteiger partial charge on any atom is 0.315 e. The number of rotatable bonds is 4. The van der Waals surface area contributed by atoms with E-state index in [4.69, 9.17) is 4.74 Å². The summed E-state index contributed by atoms with van der Waals surface area (Å²) in [6.45, 7) is 9.86. The zero-order valence-electron chi connectivity index (χ0n) is 13.9. The predicted octanol–water partition coefficient (Wildman–Crippen LogP) is 2.60. The van der Waals surface area contributed by atoms with Crippen molar-refractivity contribution < 1.29 is 14.6 Å². The van der Waals surface area contributed by atoms with Gasteiger partial charge in [0, 0.05) is 0 Å². The van der Waals surface area contributed by atoms with E-state index in [1.807, 2.05) is 44.5 Å². The summed E-state index contributed by atoms with van der Waals surface area (Å²) in [5, 5.41) is 19.9. The minimum atomic E-state index is -1.07. The second-order valence-electron chi connectivity index (χ2n) is 7.33. The molecule has 0 radical (unpaired) electrons. The highest BCUT2D eigenvalue weighted by Crippen LogP contribution is 2.37. The highest BCUT2D eigenvalue weighted by Gasteiger charge is 2.46. The molecule has 1 aromatic rings. The molecule has 2 unspecified atom stereocenters. The molecule has 1 fully saturated rings. The molecule has 1 saturated heterocycles. The Kier molecular flexibility index (Phi) is 4.57. The summed E-state index contributed by atoms with van der Waals surface area (Å²) < 4.78 is 5.96. The van der Waals surface area contributed by atoms with Crippen LogP contribution in [0.4, 0.5) is 4.79 Å². The van der Waals surface area contributed by atoms with Crippen molar-refractivity contribution in [1.82, 2.24) is 10.6 Å². The second kappa shape index (κ2) is 5.83. The van der Waals surface area contributed by atoms with E-state index < -0.39 is 11.2 Å². The van der Waals surface area contributed by atoms with E-state index in [2.05, 4.69) is 10.6 Å². The number of aliphatic hydroxyl groups is 1. The third-order valence-corrected chi connectivity index (χ3v) is 4.80. The van der Waals surface area contributed by atoms with E-state index >= 15 is 0 Å². The summed E-state index contributed by atoms with van der Waals surface area (Å²) >= 11 is 1.52. The quantitative estimate of drug-likeness (QED) is 0.796. The molecule has 0 saturated carbocycles. The molecule has 2 rings (SSSR count). The monoisotopic (exact) mass is 326 g/mol. The highest BCUT2D eigenvalue weighted by molar-refractivity contribution is 7.08.